The highest BCUT2D eigenvalue weighted by Gasteiger charge is 2.30. The Bertz CT molecular complexity index is 419. The Morgan fingerprint density at radius 3 is 2.63 bits per heavy atom. The topological polar surface area (TPSA) is 44.5 Å². The lowest BCUT2D eigenvalue weighted by Crippen LogP contribution is -2.20. The smallest absolute Gasteiger partial charge is 0.123 e. The van der Waals surface area contributed by atoms with Gasteiger partial charge >= 0.3 is 0 Å². The third-order valence-electron chi connectivity index (χ3n) is 4.46. The Morgan fingerprint density at radius 2 is 2.05 bits per heavy atom. The van der Waals surface area contributed by atoms with Crippen LogP contribution in [0.15, 0.2) is 18.2 Å². The van der Waals surface area contributed by atoms with Gasteiger partial charge in [-0.05, 0) is 42.9 Å². The van der Waals surface area contributed by atoms with Crippen molar-refractivity contribution in [2.45, 2.75) is 38.6 Å². The van der Waals surface area contributed by atoms with Gasteiger partial charge in [-0.3, -0.25) is 0 Å². The zero-order valence-electron chi connectivity index (χ0n) is 12.2. The van der Waals surface area contributed by atoms with Crippen LogP contribution in [0.4, 0.5) is 0 Å². The number of methoxy groups -OCH3 is 2. The van der Waals surface area contributed by atoms with E-state index >= 15 is 0 Å². The van der Waals surface area contributed by atoms with Crippen LogP contribution in [0.25, 0.3) is 0 Å². The van der Waals surface area contributed by atoms with Crippen LogP contribution in [0.5, 0.6) is 11.5 Å². The average molecular weight is 263 g/mol. The predicted octanol–water partition coefficient (Wildman–Crippen LogP) is 3.53. The number of nitrogens with two attached hydrogens (primary N) is 1. The maximum Gasteiger partial charge on any atom is 0.123 e. The molecule has 1 aromatic carbocycles. The molecule has 2 rings (SSSR count). The minimum Gasteiger partial charge on any atom is -0.497 e. The highest BCUT2D eigenvalue weighted by molar-refractivity contribution is 5.42. The molecule has 19 heavy (non-hydrogen) atoms. The SMILES string of the molecule is CCC1CCC(C(N)c2cc(OC)ccc2OC)C1. The first-order valence-corrected chi connectivity index (χ1v) is 7.17. The summed E-state index contributed by atoms with van der Waals surface area (Å²) in [5.74, 6) is 3.11. The van der Waals surface area contributed by atoms with Crippen LogP contribution in [0.2, 0.25) is 0 Å². The molecule has 0 bridgehead atoms. The second kappa shape index (κ2) is 6.29. The summed E-state index contributed by atoms with van der Waals surface area (Å²) in [6.07, 6.45) is 5.03. The summed E-state index contributed by atoms with van der Waals surface area (Å²) in [7, 11) is 3.38. The van der Waals surface area contributed by atoms with E-state index < -0.39 is 0 Å². The second-order valence-corrected chi connectivity index (χ2v) is 5.48. The van der Waals surface area contributed by atoms with Crippen LogP contribution >= 0.6 is 0 Å². The van der Waals surface area contributed by atoms with Crippen molar-refractivity contribution in [3.63, 3.8) is 0 Å². The molecule has 1 aliphatic carbocycles. The molecule has 0 radical (unpaired) electrons. The van der Waals surface area contributed by atoms with E-state index in [-0.39, 0.29) is 6.04 Å². The van der Waals surface area contributed by atoms with Crippen LogP contribution in [-0.4, -0.2) is 14.2 Å². The van der Waals surface area contributed by atoms with Crippen molar-refractivity contribution in [3.8, 4) is 11.5 Å². The van der Waals surface area contributed by atoms with Gasteiger partial charge in [0.25, 0.3) is 0 Å². The first-order chi connectivity index (χ1) is 9.19. The summed E-state index contributed by atoms with van der Waals surface area (Å²) in [4.78, 5) is 0. The fraction of sp³-hybridized carbons (Fsp3) is 0.625. The van der Waals surface area contributed by atoms with Gasteiger partial charge in [-0.1, -0.05) is 19.8 Å². The minimum atomic E-state index is 0.0431. The highest BCUT2D eigenvalue weighted by Crippen LogP contribution is 2.42. The van der Waals surface area contributed by atoms with Crippen LogP contribution in [-0.2, 0) is 0 Å². The van der Waals surface area contributed by atoms with Gasteiger partial charge in [-0.25, -0.2) is 0 Å². The van der Waals surface area contributed by atoms with E-state index in [2.05, 4.69) is 6.92 Å². The van der Waals surface area contributed by atoms with Gasteiger partial charge in [0.15, 0.2) is 0 Å². The molecule has 0 spiro atoms. The zero-order chi connectivity index (χ0) is 13.8. The van der Waals surface area contributed by atoms with Crippen molar-refractivity contribution in [1.82, 2.24) is 0 Å². The van der Waals surface area contributed by atoms with E-state index in [1.165, 1.54) is 25.7 Å². The van der Waals surface area contributed by atoms with Crippen LogP contribution < -0.4 is 15.2 Å². The predicted molar refractivity (Wildman–Crippen MR) is 77.6 cm³/mol. The molecular formula is C16H25NO2. The lowest BCUT2D eigenvalue weighted by Gasteiger charge is -2.22. The molecule has 1 fully saturated rings. The maximum atomic E-state index is 6.48. The third-order valence-corrected chi connectivity index (χ3v) is 4.46. The molecule has 1 aliphatic rings. The van der Waals surface area contributed by atoms with E-state index in [4.69, 9.17) is 15.2 Å². The van der Waals surface area contributed by atoms with Crippen molar-refractivity contribution in [2.24, 2.45) is 17.6 Å². The van der Waals surface area contributed by atoms with E-state index in [0.29, 0.717) is 5.92 Å². The van der Waals surface area contributed by atoms with Crippen molar-refractivity contribution in [2.75, 3.05) is 14.2 Å². The number of rotatable bonds is 5. The lowest BCUT2D eigenvalue weighted by atomic mass is 9.90. The Hall–Kier alpha value is -1.22. The number of benzene rings is 1. The molecule has 0 saturated heterocycles. The van der Waals surface area contributed by atoms with E-state index in [1.54, 1.807) is 14.2 Å². The minimum absolute atomic E-state index is 0.0431. The molecule has 3 atom stereocenters. The van der Waals surface area contributed by atoms with E-state index in [1.807, 2.05) is 18.2 Å². The monoisotopic (exact) mass is 263 g/mol. The molecule has 0 heterocycles. The van der Waals surface area contributed by atoms with Gasteiger partial charge in [-0.15, -0.1) is 0 Å². The molecule has 2 N–H and O–H groups in total. The average Bonchev–Trinajstić information content (AvgIpc) is 2.94. The first kappa shape index (κ1) is 14.2. The van der Waals surface area contributed by atoms with Gasteiger partial charge < -0.3 is 15.2 Å². The fourth-order valence-electron chi connectivity index (χ4n) is 3.16. The normalized spacial score (nSPS) is 24.2. The highest BCUT2D eigenvalue weighted by atomic mass is 16.5. The molecule has 3 nitrogen and oxygen atoms in total. The summed E-state index contributed by atoms with van der Waals surface area (Å²) in [5.41, 5.74) is 7.55. The Kier molecular flexibility index (Phi) is 4.70. The van der Waals surface area contributed by atoms with Gasteiger partial charge in [0.05, 0.1) is 14.2 Å². The van der Waals surface area contributed by atoms with Gasteiger partial charge in [0, 0.05) is 11.6 Å². The summed E-state index contributed by atoms with van der Waals surface area (Å²) in [6, 6.07) is 5.92. The molecule has 0 aliphatic heterocycles. The molecule has 3 heteroatoms. The second-order valence-electron chi connectivity index (χ2n) is 5.48. The number of hydrogen-bond acceptors (Lipinski definition) is 3. The number of hydrogen-bond donors (Lipinski definition) is 1. The van der Waals surface area contributed by atoms with Gasteiger partial charge in [0.1, 0.15) is 11.5 Å². The lowest BCUT2D eigenvalue weighted by molar-refractivity contribution is 0.372. The summed E-state index contributed by atoms with van der Waals surface area (Å²) in [6.45, 7) is 2.27. The summed E-state index contributed by atoms with van der Waals surface area (Å²) < 4.78 is 10.7. The van der Waals surface area contributed by atoms with Crippen molar-refractivity contribution < 1.29 is 9.47 Å². The first-order valence-electron chi connectivity index (χ1n) is 7.17. The maximum absolute atomic E-state index is 6.48. The van der Waals surface area contributed by atoms with Crippen LogP contribution in [0, 0.1) is 11.8 Å². The van der Waals surface area contributed by atoms with Gasteiger partial charge in [-0.2, -0.15) is 0 Å². The van der Waals surface area contributed by atoms with Crippen LogP contribution in [0.1, 0.15) is 44.2 Å². The molecule has 3 unspecified atom stereocenters. The summed E-state index contributed by atoms with van der Waals surface area (Å²) >= 11 is 0. The van der Waals surface area contributed by atoms with Crippen molar-refractivity contribution >= 4 is 0 Å². The fourth-order valence-corrected chi connectivity index (χ4v) is 3.16. The Morgan fingerprint density at radius 1 is 1.26 bits per heavy atom. The molecule has 106 valence electrons. The standard InChI is InChI=1S/C16H25NO2/c1-4-11-5-6-12(9-11)16(17)14-10-13(18-2)7-8-15(14)19-3/h7-8,10-12,16H,4-6,9,17H2,1-3H3. The molecule has 0 amide bonds. The zero-order valence-corrected chi connectivity index (χ0v) is 12.2. The third kappa shape index (κ3) is 3.03. The van der Waals surface area contributed by atoms with E-state index in [0.717, 1.165) is 23.0 Å². The summed E-state index contributed by atoms with van der Waals surface area (Å²) in [5, 5.41) is 0. The van der Waals surface area contributed by atoms with Crippen molar-refractivity contribution in [3.05, 3.63) is 23.8 Å². The Balaban J connectivity index is 2.20. The largest absolute Gasteiger partial charge is 0.497 e. The number of ether oxygens (including phenoxy) is 2. The van der Waals surface area contributed by atoms with Gasteiger partial charge in [0.2, 0.25) is 0 Å². The van der Waals surface area contributed by atoms with Crippen LogP contribution in [0.3, 0.4) is 0 Å². The van der Waals surface area contributed by atoms with Crippen molar-refractivity contribution in [1.29, 1.82) is 0 Å². The molecule has 1 aromatic rings. The quantitative estimate of drug-likeness (QED) is 0.884. The molecule has 1 saturated carbocycles. The Labute approximate surface area is 116 Å². The molecular weight excluding hydrogens is 238 g/mol. The molecule has 0 aromatic heterocycles. The van der Waals surface area contributed by atoms with E-state index in [9.17, 15) is 0 Å².